The topological polar surface area (TPSA) is 73.0 Å². The average Bonchev–Trinajstić information content (AvgIpc) is 3.23. The van der Waals surface area contributed by atoms with Gasteiger partial charge in [-0.15, -0.1) is 0 Å². The van der Waals surface area contributed by atoms with Crippen LogP contribution < -0.4 is 5.32 Å². The molecule has 1 aromatic carbocycles. The predicted molar refractivity (Wildman–Crippen MR) is 111 cm³/mol. The molecule has 1 aromatic rings. The zero-order valence-corrected chi connectivity index (χ0v) is 17.5. The minimum Gasteiger partial charge on any atom is -0.349 e. The Morgan fingerprint density at radius 2 is 1.48 bits per heavy atom. The Balaban J connectivity index is 1.51. The second kappa shape index (κ2) is 9.87. The van der Waals surface area contributed by atoms with Gasteiger partial charge >= 0.3 is 0 Å². The number of rotatable bonds is 6. The van der Waals surface area contributed by atoms with Crippen molar-refractivity contribution in [3.8, 4) is 0 Å². The molecule has 0 spiro atoms. The number of hydrogen-bond donors (Lipinski definition) is 1. The quantitative estimate of drug-likeness (QED) is 0.782. The van der Waals surface area contributed by atoms with Crippen LogP contribution in [0, 0.1) is 6.92 Å². The zero-order valence-electron chi connectivity index (χ0n) is 17.5. The van der Waals surface area contributed by atoms with Crippen LogP contribution >= 0.6 is 0 Å². The van der Waals surface area contributed by atoms with Crippen molar-refractivity contribution >= 4 is 17.7 Å². The standard InChI is InChI=1S/C22H32N4O3/c1-17-5-7-19(8-6-17)20(23-18(2)27)15-21(28)26-13-11-24(12-14-26)16-22(29)25-9-3-4-10-25/h5-8,20H,3-4,9-16H2,1-2H3,(H,23,27). The van der Waals surface area contributed by atoms with Gasteiger partial charge in [-0.05, 0) is 25.3 Å². The van der Waals surface area contributed by atoms with Crippen LogP contribution in [0.1, 0.15) is 43.4 Å². The number of carbonyl (C=O) groups is 3. The lowest BCUT2D eigenvalue weighted by molar-refractivity contribution is -0.135. The number of amides is 3. The monoisotopic (exact) mass is 400 g/mol. The third-order valence-corrected chi connectivity index (χ3v) is 5.78. The Morgan fingerprint density at radius 3 is 2.07 bits per heavy atom. The van der Waals surface area contributed by atoms with Crippen molar-refractivity contribution in [1.29, 1.82) is 0 Å². The van der Waals surface area contributed by atoms with E-state index in [1.807, 2.05) is 41.0 Å². The lowest BCUT2D eigenvalue weighted by Crippen LogP contribution is -2.51. The molecular weight excluding hydrogens is 368 g/mol. The summed E-state index contributed by atoms with van der Waals surface area (Å²) in [5.41, 5.74) is 2.08. The maximum atomic E-state index is 12.8. The van der Waals surface area contributed by atoms with Crippen molar-refractivity contribution in [3.63, 3.8) is 0 Å². The highest BCUT2D eigenvalue weighted by Crippen LogP contribution is 2.19. The Bertz CT molecular complexity index is 720. The fourth-order valence-corrected chi connectivity index (χ4v) is 4.01. The first-order chi connectivity index (χ1) is 13.9. The van der Waals surface area contributed by atoms with Crippen molar-refractivity contribution in [2.24, 2.45) is 0 Å². The highest BCUT2D eigenvalue weighted by atomic mass is 16.2. The van der Waals surface area contributed by atoms with Gasteiger partial charge in [-0.2, -0.15) is 0 Å². The number of benzene rings is 1. The molecule has 7 nitrogen and oxygen atoms in total. The largest absolute Gasteiger partial charge is 0.349 e. The van der Waals surface area contributed by atoms with Gasteiger partial charge in [0.2, 0.25) is 17.7 Å². The summed E-state index contributed by atoms with van der Waals surface area (Å²) in [5.74, 6) is 0.0934. The van der Waals surface area contributed by atoms with Gasteiger partial charge < -0.3 is 15.1 Å². The van der Waals surface area contributed by atoms with Crippen LogP contribution in [0.2, 0.25) is 0 Å². The third-order valence-electron chi connectivity index (χ3n) is 5.78. The molecule has 2 fully saturated rings. The van der Waals surface area contributed by atoms with Crippen LogP contribution in [0.3, 0.4) is 0 Å². The van der Waals surface area contributed by atoms with E-state index < -0.39 is 0 Å². The van der Waals surface area contributed by atoms with E-state index in [9.17, 15) is 14.4 Å². The number of nitrogens with one attached hydrogen (secondary N) is 1. The lowest BCUT2D eigenvalue weighted by atomic mass is 10.0. The first-order valence-electron chi connectivity index (χ1n) is 10.5. The number of aryl methyl sites for hydroxylation is 1. The van der Waals surface area contributed by atoms with E-state index >= 15 is 0 Å². The molecule has 2 aliphatic heterocycles. The molecule has 0 aromatic heterocycles. The molecule has 1 atom stereocenters. The molecule has 2 saturated heterocycles. The molecule has 2 aliphatic rings. The molecule has 1 unspecified atom stereocenters. The predicted octanol–water partition coefficient (Wildman–Crippen LogP) is 1.33. The first kappa shape index (κ1) is 21.3. The smallest absolute Gasteiger partial charge is 0.236 e. The molecule has 2 heterocycles. The molecule has 0 saturated carbocycles. The minimum atomic E-state index is -0.324. The van der Waals surface area contributed by atoms with Gasteiger partial charge in [-0.25, -0.2) is 0 Å². The molecule has 0 bridgehead atoms. The number of hydrogen-bond acceptors (Lipinski definition) is 4. The summed E-state index contributed by atoms with van der Waals surface area (Å²) in [4.78, 5) is 42.7. The van der Waals surface area contributed by atoms with Crippen molar-refractivity contribution in [3.05, 3.63) is 35.4 Å². The Labute approximate surface area is 173 Å². The maximum Gasteiger partial charge on any atom is 0.236 e. The Kier molecular flexibility index (Phi) is 7.25. The molecule has 0 radical (unpaired) electrons. The van der Waals surface area contributed by atoms with Gasteiger partial charge in [0.15, 0.2) is 0 Å². The van der Waals surface area contributed by atoms with Gasteiger partial charge in [-0.3, -0.25) is 19.3 Å². The van der Waals surface area contributed by atoms with Gasteiger partial charge in [0.25, 0.3) is 0 Å². The van der Waals surface area contributed by atoms with Crippen molar-refractivity contribution in [2.75, 3.05) is 45.8 Å². The van der Waals surface area contributed by atoms with Gasteiger partial charge in [0.1, 0.15) is 0 Å². The molecule has 0 aliphatic carbocycles. The van der Waals surface area contributed by atoms with E-state index in [1.54, 1.807) is 0 Å². The second-order valence-electron chi connectivity index (χ2n) is 8.11. The summed E-state index contributed by atoms with van der Waals surface area (Å²) < 4.78 is 0. The summed E-state index contributed by atoms with van der Waals surface area (Å²) in [7, 11) is 0. The maximum absolute atomic E-state index is 12.8. The van der Waals surface area contributed by atoms with Gasteiger partial charge in [-0.1, -0.05) is 29.8 Å². The molecule has 3 amide bonds. The Morgan fingerprint density at radius 1 is 0.897 bits per heavy atom. The zero-order chi connectivity index (χ0) is 20.8. The first-order valence-corrected chi connectivity index (χ1v) is 10.5. The fraction of sp³-hybridized carbons (Fsp3) is 0.591. The normalized spacial score (nSPS) is 18.6. The summed E-state index contributed by atoms with van der Waals surface area (Å²) in [6, 6.07) is 7.58. The fourth-order valence-electron chi connectivity index (χ4n) is 4.01. The van der Waals surface area contributed by atoms with E-state index in [4.69, 9.17) is 0 Å². The lowest BCUT2D eigenvalue weighted by Gasteiger charge is -2.35. The molecular formula is C22H32N4O3. The van der Waals surface area contributed by atoms with Crippen LogP contribution in [0.15, 0.2) is 24.3 Å². The Hall–Kier alpha value is -2.41. The van der Waals surface area contributed by atoms with Crippen molar-refractivity contribution < 1.29 is 14.4 Å². The minimum absolute atomic E-state index is 0.0369. The molecule has 7 heteroatoms. The summed E-state index contributed by atoms with van der Waals surface area (Å²) in [6.07, 6.45) is 2.45. The van der Waals surface area contributed by atoms with Crippen LogP contribution in [-0.4, -0.2) is 78.2 Å². The van der Waals surface area contributed by atoms with E-state index in [-0.39, 0.29) is 30.2 Å². The van der Waals surface area contributed by atoms with Crippen LogP contribution in [0.25, 0.3) is 0 Å². The van der Waals surface area contributed by atoms with Gasteiger partial charge in [0, 0.05) is 46.2 Å². The highest BCUT2D eigenvalue weighted by molar-refractivity contribution is 5.80. The molecule has 158 valence electrons. The molecule has 3 rings (SSSR count). The molecule has 1 N–H and O–H groups in total. The number of carbonyl (C=O) groups excluding carboxylic acids is 3. The third kappa shape index (κ3) is 6.03. The van der Waals surface area contributed by atoms with Crippen molar-refractivity contribution in [1.82, 2.24) is 20.0 Å². The van der Waals surface area contributed by atoms with E-state index in [0.717, 1.165) is 37.1 Å². The number of piperazine rings is 1. The average molecular weight is 401 g/mol. The summed E-state index contributed by atoms with van der Waals surface area (Å²) >= 11 is 0. The van der Waals surface area contributed by atoms with E-state index in [2.05, 4.69) is 10.2 Å². The van der Waals surface area contributed by atoms with Crippen LogP contribution in [0.5, 0.6) is 0 Å². The number of nitrogens with zero attached hydrogens (tertiary/aromatic N) is 3. The van der Waals surface area contributed by atoms with Crippen LogP contribution in [-0.2, 0) is 14.4 Å². The second-order valence-corrected chi connectivity index (χ2v) is 8.11. The summed E-state index contributed by atoms with van der Waals surface area (Å²) in [5, 5.41) is 2.90. The highest BCUT2D eigenvalue weighted by Gasteiger charge is 2.27. The van der Waals surface area contributed by atoms with E-state index in [0.29, 0.717) is 32.7 Å². The summed E-state index contributed by atoms with van der Waals surface area (Å²) in [6.45, 7) is 8.33. The van der Waals surface area contributed by atoms with Crippen LogP contribution in [0.4, 0.5) is 0 Å². The van der Waals surface area contributed by atoms with Gasteiger partial charge in [0.05, 0.1) is 19.0 Å². The molecule has 29 heavy (non-hydrogen) atoms. The SMILES string of the molecule is CC(=O)NC(CC(=O)N1CCN(CC(=O)N2CCCC2)CC1)c1ccc(C)cc1. The number of likely N-dealkylation sites (tertiary alicyclic amines) is 1. The van der Waals surface area contributed by atoms with Crippen molar-refractivity contribution in [2.45, 2.75) is 39.2 Å². The van der Waals surface area contributed by atoms with E-state index in [1.165, 1.54) is 6.92 Å².